The molecule has 100 valence electrons. The fraction of sp³-hybridized carbons (Fsp3) is 0.294. The first-order valence-electron chi connectivity index (χ1n) is 6.58. The van der Waals surface area contributed by atoms with Gasteiger partial charge in [-0.25, -0.2) is 0 Å². The molecule has 0 amide bonds. The van der Waals surface area contributed by atoms with Crippen LogP contribution in [-0.4, -0.2) is 11.2 Å². The molecule has 0 radical (unpaired) electrons. The molecule has 0 aliphatic rings. The molecule has 0 aliphatic carbocycles. The maximum atomic E-state index is 10.4. The maximum absolute atomic E-state index is 10.4. The fourth-order valence-electron chi connectivity index (χ4n) is 2.07. The van der Waals surface area contributed by atoms with Gasteiger partial charge >= 0.3 is 0 Å². The lowest BCUT2D eigenvalue weighted by molar-refractivity contribution is 0.218. The predicted molar refractivity (Wildman–Crippen MR) is 77.4 cm³/mol. The smallest absolute Gasteiger partial charge is 0.119 e. The molecule has 0 bridgehead atoms. The molecule has 19 heavy (non-hydrogen) atoms. The van der Waals surface area contributed by atoms with Crippen molar-refractivity contribution in [3.05, 3.63) is 65.2 Å². The molecule has 0 saturated carbocycles. The molecule has 2 heteroatoms. The van der Waals surface area contributed by atoms with Crippen LogP contribution in [0.25, 0.3) is 0 Å². The Balaban J connectivity index is 2.20. The second-order valence-corrected chi connectivity index (χ2v) is 4.99. The van der Waals surface area contributed by atoms with E-state index in [0.717, 1.165) is 22.4 Å². The third-order valence-corrected chi connectivity index (χ3v) is 3.05. The summed E-state index contributed by atoms with van der Waals surface area (Å²) in [5, 5.41) is 10.4. The summed E-state index contributed by atoms with van der Waals surface area (Å²) in [5.74, 6) is 0.829. The number of hydrogen-bond donors (Lipinski definition) is 1. The summed E-state index contributed by atoms with van der Waals surface area (Å²) in [6.45, 7) is 6.00. The van der Waals surface area contributed by atoms with Crippen LogP contribution < -0.4 is 4.74 Å². The molecule has 0 aliphatic heterocycles. The molecule has 1 atom stereocenters. The van der Waals surface area contributed by atoms with E-state index >= 15 is 0 Å². The Kier molecular flexibility index (Phi) is 4.23. The lowest BCUT2D eigenvalue weighted by Crippen LogP contribution is -2.06. The van der Waals surface area contributed by atoms with Crippen molar-refractivity contribution in [1.29, 1.82) is 0 Å². The Morgan fingerprint density at radius 3 is 2.16 bits per heavy atom. The first-order valence-corrected chi connectivity index (χ1v) is 6.58. The zero-order chi connectivity index (χ0) is 13.8. The Bertz CT molecular complexity index is 529. The van der Waals surface area contributed by atoms with Crippen molar-refractivity contribution in [1.82, 2.24) is 0 Å². The van der Waals surface area contributed by atoms with Gasteiger partial charge in [-0.05, 0) is 49.6 Å². The van der Waals surface area contributed by atoms with Crippen LogP contribution in [0.15, 0.2) is 48.5 Å². The highest BCUT2D eigenvalue weighted by Crippen LogP contribution is 2.26. The Labute approximate surface area is 114 Å². The van der Waals surface area contributed by atoms with Gasteiger partial charge in [0.2, 0.25) is 0 Å². The summed E-state index contributed by atoms with van der Waals surface area (Å²) in [5.41, 5.74) is 2.92. The molecule has 0 fully saturated rings. The van der Waals surface area contributed by atoms with Crippen LogP contribution in [0.3, 0.4) is 0 Å². The van der Waals surface area contributed by atoms with Gasteiger partial charge in [-0.3, -0.25) is 0 Å². The molecule has 2 nitrogen and oxygen atoms in total. The van der Waals surface area contributed by atoms with Crippen molar-refractivity contribution in [3.8, 4) is 5.75 Å². The molecular weight excluding hydrogens is 236 g/mol. The van der Waals surface area contributed by atoms with E-state index in [9.17, 15) is 5.11 Å². The maximum Gasteiger partial charge on any atom is 0.119 e. The summed E-state index contributed by atoms with van der Waals surface area (Å²) in [7, 11) is 0. The lowest BCUT2D eigenvalue weighted by atomic mass is 9.97. The highest BCUT2D eigenvalue weighted by atomic mass is 16.5. The molecule has 2 aromatic rings. The van der Waals surface area contributed by atoms with Gasteiger partial charge in [0.1, 0.15) is 11.9 Å². The first-order chi connectivity index (χ1) is 9.08. The zero-order valence-corrected chi connectivity index (χ0v) is 11.6. The number of rotatable bonds is 4. The third-order valence-electron chi connectivity index (χ3n) is 3.05. The second-order valence-electron chi connectivity index (χ2n) is 4.99. The monoisotopic (exact) mass is 256 g/mol. The van der Waals surface area contributed by atoms with Gasteiger partial charge in [0.05, 0.1) is 6.10 Å². The summed E-state index contributed by atoms with van der Waals surface area (Å²) in [4.78, 5) is 0. The molecule has 2 aromatic carbocycles. The number of hydrogen-bond acceptors (Lipinski definition) is 2. The van der Waals surface area contributed by atoms with E-state index in [4.69, 9.17) is 4.74 Å². The fourth-order valence-corrected chi connectivity index (χ4v) is 2.07. The number of aliphatic hydroxyl groups is 1. The average Bonchev–Trinajstić information content (AvgIpc) is 2.39. The zero-order valence-electron chi connectivity index (χ0n) is 11.6. The van der Waals surface area contributed by atoms with Crippen LogP contribution in [0.4, 0.5) is 0 Å². The Hall–Kier alpha value is -1.80. The number of ether oxygens (including phenoxy) is 1. The molecular formula is C17H20O2. The molecule has 0 spiro atoms. The van der Waals surface area contributed by atoms with E-state index in [0.29, 0.717) is 0 Å². The predicted octanol–water partition coefficient (Wildman–Crippen LogP) is 3.86. The third kappa shape index (κ3) is 3.36. The van der Waals surface area contributed by atoms with Crippen molar-refractivity contribution in [3.63, 3.8) is 0 Å². The van der Waals surface area contributed by atoms with E-state index in [2.05, 4.69) is 0 Å². The molecule has 1 N–H and O–H groups in total. The van der Waals surface area contributed by atoms with E-state index in [1.165, 1.54) is 0 Å². The number of benzene rings is 2. The van der Waals surface area contributed by atoms with Crippen molar-refractivity contribution in [2.45, 2.75) is 33.0 Å². The van der Waals surface area contributed by atoms with E-state index in [1.807, 2.05) is 69.3 Å². The van der Waals surface area contributed by atoms with E-state index in [-0.39, 0.29) is 6.10 Å². The van der Waals surface area contributed by atoms with Crippen LogP contribution in [0.5, 0.6) is 5.75 Å². The van der Waals surface area contributed by atoms with Crippen LogP contribution >= 0.6 is 0 Å². The van der Waals surface area contributed by atoms with E-state index < -0.39 is 6.10 Å². The minimum atomic E-state index is -0.589. The highest BCUT2D eigenvalue weighted by molar-refractivity contribution is 5.37. The van der Waals surface area contributed by atoms with Crippen LogP contribution in [0.2, 0.25) is 0 Å². The van der Waals surface area contributed by atoms with Gasteiger partial charge in [-0.1, -0.05) is 36.4 Å². The molecule has 1 unspecified atom stereocenters. The number of aliphatic hydroxyl groups excluding tert-OH is 1. The minimum absolute atomic E-state index is 0.159. The second kappa shape index (κ2) is 5.89. The largest absolute Gasteiger partial charge is 0.491 e. The lowest BCUT2D eigenvalue weighted by Gasteiger charge is -2.15. The summed E-state index contributed by atoms with van der Waals surface area (Å²) in [6.07, 6.45) is -0.429. The quantitative estimate of drug-likeness (QED) is 0.900. The number of aryl methyl sites for hydroxylation is 1. The molecule has 0 aromatic heterocycles. The minimum Gasteiger partial charge on any atom is -0.491 e. The van der Waals surface area contributed by atoms with Gasteiger partial charge in [0.25, 0.3) is 0 Å². The summed E-state index contributed by atoms with van der Waals surface area (Å²) < 4.78 is 5.60. The van der Waals surface area contributed by atoms with Gasteiger partial charge in [0.15, 0.2) is 0 Å². The van der Waals surface area contributed by atoms with Gasteiger partial charge in [-0.15, -0.1) is 0 Å². The van der Waals surface area contributed by atoms with Crippen LogP contribution in [0, 0.1) is 6.92 Å². The van der Waals surface area contributed by atoms with E-state index in [1.54, 1.807) is 0 Å². The van der Waals surface area contributed by atoms with Crippen molar-refractivity contribution >= 4 is 0 Å². The van der Waals surface area contributed by atoms with Crippen molar-refractivity contribution < 1.29 is 9.84 Å². The SMILES string of the molecule is Cc1ccccc1C(O)c1ccc(OC(C)C)cc1. The van der Waals surface area contributed by atoms with Crippen LogP contribution in [-0.2, 0) is 0 Å². The van der Waals surface area contributed by atoms with Crippen molar-refractivity contribution in [2.24, 2.45) is 0 Å². The van der Waals surface area contributed by atoms with Gasteiger partial charge < -0.3 is 9.84 Å². The molecule has 0 saturated heterocycles. The summed E-state index contributed by atoms with van der Waals surface area (Å²) in [6, 6.07) is 15.5. The molecule has 2 rings (SSSR count). The van der Waals surface area contributed by atoms with Gasteiger partial charge in [0, 0.05) is 0 Å². The summed E-state index contributed by atoms with van der Waals surface area (Å²) >= 11 is 0. The topological polar surface area (TPSA) is 29.5 Å². The first kappa shape index (κ1) is 13.6. The highest BCUT2D eigenvalue weighted by Gasteiger charge is 2.12. The van der Waals surface area contributed by atoms with Crippen molar-refractivity contribution in [2.75, 3.05) is 0 Å². The molecule has 0 heterocycles. The normalized spacial score (nSPS) is 12.5. The van der Waals surface area contributed by atoms with Gasteiger partial charge in [-0.2, -0.15) is 0 Å². The Morgan fingerprint density at radius 1 is 0.947 bits per heavy atom. The standard InChI is InChI=1S/C17H20O2/c1-12(2)19-15-10-8-14(9-11-15)17(18)16-7-5-4-6-13(16)3/h4-12,17-18H,1-3H3. The van der Waals surface area contributed by atoms with Crippen LogP contribution in [0.1, 0.15) is 36.6 Å². The Morgan fingerprint density at radius 2 is 1.58 bits per heavy atom. The average molecular weight is 256 g/mol.